The van der Waals surface area contributed by atoms with Crippen LogP contribution in [0.5, 0.6) is 5.75 Å². The van der Waals surface area contributed by atoms with Gasteiger partial charge in [-0.2, -0.15) is 0 Å². The summed E-state index contributed by atoms with van der Waals surface area (Å²) in [6.07, 6.45) is 0.762. The molecule has 2 aromatic rings. The fourth-order valence-electron chi connectivity index (χ4n) is 2.20. The van der Waals surface area contributed by atoms with Gasteiger partial charge in [0.15, 0.2) is 17.1 Å². The Bertz CT molecular complexity index is 655. The van der Waals surface area contributed by atoms with E-state index in [-0.39, 0.29) is 17.8 Å². The average Bonchev–Trinajstić information content (AvgIpc) is 2.96. The third-order valence-corrected chi connectivity index (χ3v) is 4.40. The van der Waals surface area contributed by atoms with Gasteiger partial charge in [0.25, 0.3) is 0 Å². The van der Waals surface area contributed by atoms with Gasteiger partial charge in [0.05, 0.1) is 5.75 Å². The Morgan fingerprint density at radius 1 is 1.30 bits per heavy atom. The molecule has 2 rings (SSSR count). The van der Waals surface area contributed by atoms with E-state index in [4.69, 9.17) is 10.5 Å². The number of nitrogens with two attached hydrogens (primary N) is 1. The number of amides is 1. The lowest BCUT2D eigenvalue weighted by molar-refractivity contribution is -0.115. The molecule has 0 radical (unpaired) electrons. The molecule has 0 aliphatic carbocycles. The Morgan fingerprint density at radius 3 is 2.57 bits per heavy atom. The summed E-state index contributed by atoms with van der Waals surface area (Å²) in [6, 6.07) is 8.04. The fourth-order valence-corrected chi connectivity index (χ4v) is 2.95. The summed E-state index contributed by atoms with van der Waals surface area (Å²) >= 11 is 1.29. The quantitative estimate of drug-likeness (QED) is 0.750. The monoisotopic (exact) mass is 334 g/mol. The van der Waals surface area contributed by atoms with Gasteiger partial charge < -0.3 is 15.0 Å². The van der Waals surface area contributed by atoms with E-state index >= 15 is 0 Å². The van der Waals surface area contributed by atoms with Crippen LogP contribution in [-0.2, 0) is 17.8 Å². The van der Waals surface area contributed by atoms with Crippen LogP contribution in [0.3, 0.4) is 0 Å². The number of carbonyl (C=O) groups excluding carboxylic acids is 1. The minimum atomic E-state index is -0.373. The third kappa shape index (κ3) is 4.48. The first-order chi connectivity index (χ1) is 11.0. The van der Waals surface area contributed by atoms with E-state index in [1.165, 1.54) is 17.3 Å². The highest BCUT2D eigenvalue weighted by Crippen LogP contribution is 2.24. The lowest BCUT2D eigenvalue weighted by Crippen LogP contribution is -2.15. The standard InChI is InChI=1S/C16H22N4O2S/c1-4-12-6-8-13(9-7-12)22-11(3)15-18-19-16(20(15)5-2)23-10-14(17)21/h6-9,11H,4-5,10H2,1-3H3,(H2,17,21). The van der Waals surface area contributed by atoms with Crippen molar-refractivity contribution in [2.75, 3.05) is 5.75 Å². The number of ether oxygens (including phenoxy) is 1. The van der Waals surface area contributed by atoms with Crippen LogP contribution in [0.25, 0.3) is 0 Å². The zero-order chi connectivity index (χ0) is 16.8. The van der Waals surface area contributed by atoms with Crippen molar-refractivity contribution in [2.45, 2.75) is 45.0 Å². The number of hydrogen-bond donors (Lipinski definition) is 1. The number of thioether (sulfide) groups is 1. The number of aromatic nitrogens is 3. The van der Waals surface area contributed by atoms with Crippen LogP contribution in [0.15, 0.2) is 29.4 Å². The topological polar surface area (TPSA) is 83.0 Å². The van der Waals surface area contributed by atoms with Crippen molar-refractivity contribution in [3.05, 3.63) is 35.7 Å². The molecule has 1 amide bonds. The van der Waals surface area contributed by atoms with Gasteiger partial charge in [-0.15, -0.1) is 10.2 Å². The van der Waals surface area contributed by atoms with Crippen LogP contribution in [-0.4, -0.2) is 26.4 Å². The smallest absolute Gasteiger partial charge is 0.227 e. The summed E-state index contributed by atoms with van der Waals surface area (Å²) in [5.41, 5.74) is 6.45. The molecule has 1 unspecified atom stereocenters. The molecule has 0 bridgehead atoms. The normalized spacial score (nSPS) is 12.1. The van der Waals surface area contributed by atoms with Gasteiger partial charge in [-0.3, -0.25) is 4.79 Å². The highest BCUT2D eigenvalue weighted by atomic mass is 32.2. The van der Waals surface area contributed by atoms with Crippen molar-refractivity contribution in [1.29, 1.82) is 0 Å². The van der Waals surface area contributed by atoms with Crippen molar-refractivity contribution in [3.63, 3.8) is 0 Å². The molecule has 0 spiro atoms. The fraction of sp³-hybridized carbons (Fsp3) is 0.438. The lowest BCUT2D eigenvalue weighted by Gasteiger charge is -2.15. The second kappa shape index (κ2) is 8.01. The van der Waals surface area contributed by atoms with Gasteiger partial charge in [0.1, 0.15) is 5.75 Å². The van der Waals surface area contributed by atoms with Gasteiger partial charge in [-0.25, -0.2) is 0 Å². The first kappa shape index (κ1) is 17.3. The maximum absolute atomic E-state index is 10.9. The van der Waals surface area contributed by atoms with Crippen LogP contribution < -0.4 is 10.5 Å². The highest BCUT2D eigenvalue weighted by molar-refractivity contribution is 7.99. The molecule has 1 heterocycles. The van der Waals surface area contributed by atoms with Gasteiger partial charge in [0.2, 0.25) is 5.91 Å². The molecule has 0 fully saturated rings. The number of benzene rings is 1. The van der Waals surface area contributed by atoms with Crippen molar-refractivity contribution < 1.29 is 9.53 Å². The zero-order valence-electron chi connectivity index (χ0n) is 13.7. The molecule has 0 saturated carbocycles. The molecule has 0 aliphatic rings. The average molecular weight is 334 g/mol. The van der Waals surface area contributed by atoms with E-state index in [2.05, 4.69) is 29.3 Å². The Hall–Kier alpha value is -2.02. The minimum Gasteiger partial charge on any atom is -0.483 e. The number of primary amides is 1. The molecule has 124 valence electrons. The largest absolute Gasteiger partial charge is 0.483 e. The van der Waals surface area contributed by atoms with E-state index in [0.717, 1.165) is 18.0 Å². The van der Waals surface area contributed by atoms with E-state index < -0.39 is 0 Å². The molecule has 1 aromatic carbocycles. The summed E-state index contributed by atoms with van der Waals surface area (Å²) in [5, 5.41) is 9.03. The predicted octanol–water partition coefficient (Wildman–Crippen LogP) is 2.58. The van der Waals surface area contributed by atoms with Crippen LogP contribution in [0.1, 0.15) is 38.3 Å². The number of hydrogen-bond acceptors (Lipinski definition) is 5. The summed E-state index contributed by atoms with van der Waals surface area (Å²) < 4.78 is 7.90. The predicted molar refractivity (Wildman–Crippen MR) is 90.5 cm³/mol. The van der Waals surface area contributed by atoms with Crippen LogP contribution in [0.2, 0.25) is 0 Å². The lowest BCUT2D eigenvalue weighted by atomic mass is 10.2. The molecular formula is C16H22N4O2S. The first-order valence-electron chi connectivity index (χ1n) is 7.64. The first-order valence-corrected chi connectivity index (χ1v) is 8.63. The summed E-state index contributed by atoms with van der Waals surface area (Å²) in [6.45, 7) is 6.76. The van der Waals surface area contributed by atoms with E-state index in [1.54, 1.807) is 0 Å². The van der Waals surface area contributed by atoms with E-state index in [1.807, 2.05) is 30.5 Å². The molecule has 1 atom stereocenters. The molecule has 0 aliphatic heterocycles. The Labute approximate surface area is 140 Å². The Balaban J connectivity index is 2.11. The molecule has 2 N–H and O–H groups in total. The Kier molecular flexibility index (Phi) is 6.04. The molecule has 23 heavy (non-hydrogen) atoms. The van der Waals surface area contributed by atoms with Crippen LogP contribution in [0.4, 0.5) is 0 Å². The second-order valence-corrected chi connectivity index (χ2v) is 6.04. The third-order valence-electron chi connectivity index (χ3n) is 3.41. The number of aryl methyl sites for hydroxylation is 1. The maximum atomic E-state index is 10.9. The number of nitrogens with zero attached hydrogens (tertiary/aromatic N) is 3. The van der Waals surface area contributed by atoms with E-state index in [0.29, 0.717) is 11.7 Å². The number of rotatable bonds is 8. The van der Waals surface area contributed by atoms with E-state index in [9.17, 15) is 4.79 Å². The maximum Gasteiger partial charge on any atom is 0.227 e. The van der Waals surface area contributed by atoms with Crippen LogP contribution in [0, 0.1) is 0 Å². The molecule has 0 saturated heterocycles. The van der Waals surface area contributed by atoms with Crippen molar-refractivity contribution >= 4 is 17.7 Å². The number of carbonyl (C=O) groups is 1. The molecule has 6 nitrogen and oxygen atoms in total. The molecular weight excluding hydrogens is 312 g/mol. The van der Waals surface area contributed by atoms with Gasteiger partial charge >= 0.3 is 0 Å². The second-order valence-electron chi connectivity index (χ2n) is 5.10. The molecule has 7 heteroatoms. The zero-order valence-corrected chi connectivity index (χ0v) is 14.5. The van der Waals surface area contributed by atoms with Crippen LogP contribution >= 0.6 is 11.8 Å². The summed E-state index contributed by atoms with van der Waals surface area (Å²) in [4.78, 5) is 10.9. The van der Waals surface area contributed by atoms with Gasteiger partial charge in [0, 0.05) is 6.54 Å². The Morgan fingerprint density at radius 2 is 2.00 bits per heavy atom. The minimum absolute atomic E-state index is 0.186. The van der Waals surface area contributed by atoms with Crippen molar-refractivity contribution in [1.82, 2.24) is 14.8 Å². The van der Waals surface area contributed by atoms with Crippen molar-refractivity contribution in [3.8, 4) is 5.75 Å². The van der Waals surface area contributed by atoms with Gasteiger partial charge in [-0.05, 0) is 38.0 Å². The van der Waals surface area contributed by atoms with Gasteiger partial charge in [-0.1, -0.05) is 30.8 Å². The highest BCUT2D eigenvalue weighted by Gasteiger charge is 2.19. The summed E-state index contributed by atoms with van der Waals surface area (Å²) in [5.74, 6) is 1.35. The molecule has 1 aromatic heterocycles. The summed E-state index contributed by atoms with van der Waals surface area (Å²) in [7, 11) is 0. The SMILES string of the molecule is CCc1ccc(OC(C)c2nnc(SCC(N)=O)n2CC)cc1. The van der Waals surface area contributed by atoms with Crippen molar-refractivity contribution in [2.24, 2.45) is 5.73 Å².